The number of allylic oxidation sites excluding steroid dienone is 5. The lowest BCUT2D eigenvalue weighted by Crippen LogP contribution is -2.28. The maximum absolute atomic E-state index is 8.97. The Morgan fingerprint density at radius 3 is 2.45 bits per heavy atom. The molecular formula is C18H28O2. The summed E-state index contributed by atoms with van der Waals surface area (Å²) in [5, 5.41) is 8.97. The molecule has 3 atom stereocenters. The van der Waals surface area contributed by atoms with E-state index in [4.69, 9.17) is 5.26 Å². The fraction of sp³-hybridized carbons (Fsp3) is 0.667. The molecule has 0 saturated heterocycles. The molecule has 0 saturated carbocycles. The summed E-state index contributed by atoms with van der Waals surface area (Å²) in [4.78, 5) is 4.57. The third-order valence-corrected chi connectivity index (χ3v) is 4.73. The van der Waals surface area contributed by atoms with Crippen LogP contribution in [0.15, 0.2) is 35.5 Å². The molecule has 0 aromatic heterocycles. The van der Waals surface area contributed by atoms with Gasteiger partial charge in [-0.15, -0.1) is 0 Å². The molecule has 1 N–H and O–H groups in total. The number of rotatable bonds is 3. The fourth-order valence-electron chi connectivity index (χ4n) is 3.79. The van der Waals surface area contributed by atoms with E-state index in [2.05, 4.69) is 50.8 Å². The summed E-state index contributed by atoms with van der Waals surface area (Å²) in [5.74, 6) is 0. The largest absolute Gasteiger partial charge is 0.251 e. The van der Waals surface area contributed by atoms with Crippen LogP contribution in [0.5, 0.6) is 0 Å². The Labute approximate surface area is 123 Å². The quantitative estimate of drug-likeness (QED) is 0.431. The van der Waals surface area contributed by atoms with Crippen LogP contribution in [0.25, 0.3) is 0 Å². The highest BCUT2D eigenvalue weighted by Gasteiger charge is 2.32. The van der Waals surface area contributed by atoms with Crippen molar-refractivity contribution in [2.75, 3.05) is 0 Å². The van der Waals surface area contributed by atoms with E-state index in [0.717, 1.165) is 19.3 Å². The van der Waals surface area contributed by atoms with Crippen molar-refractivity contribution in [3.63, 3.8) is 0 Å². The van der Waals surface area contributed by atoms with E-state index in [9.17, 15) is 0 Å². The predicted octanol–water partition coefficient (Wildman–Crippen LogP) is 5.28. The Morgan fingerprint density at radius 1 is 1.15 bits per heavy atom. The van der Waals surface area contributed by atoms with Gasteiger partial charge in [-0.05, 0) is 56.8 Å². The maximum atomic E-state index is 8.97. The summed E-state index contributed by atoms with van der Waals surface area (Å²) in [6.45, 7) is 8.97. The van der Waals surface area contributed by atoms with Gasteiger partial charge in [-0.3, -0.25) is 5.26 Å². The number of hydrogen-bond donors (Lipinski definition) is 1. The van der Waals surface area contributed by atoms with Crippen LogP contribution in [0.3, 0.4) is 0 Å². The first-order chi connectivity index (χ1) is 9.34. The van der Waals surface area contributed by atoms with Gasteiger partial charge in [0, 0.05) is 0 Å². The minimum Gasteiger partial charge on any atom is -0.251 e. The van der Waals surface area contributed by atoms with Crippen LogP contribution in [0.4, 0.5) is 0 Å². The summed E-state index contributed by atoms with van der Waals surface area (Å²) in [6.07, 6.45) is 14.5. The second kappa shape index (κ2) is 5.87. The Bertz CT molecular complexity index is 446. The van der Waals surface area contributed by atoms with Gasteiger partial charge in [0.05, 0.1) is 0 Å². The minimum atomic E-state index is -0.167. The molecule has 2 heteroatoms. The van der Waals surface area contributed by atoms with Crippen LogP contribution in [0.1, 0.15) is 59.8 Å². The lowest BCUT2D eigenvalue weighted by molar-refractivity contribution is -0.271. The van der Waals surface area contributed by atoms with E-state index < -0.39 is 0 Å². The zero-order valence-electron chi connectivity index (χ0n) is 13.3. The van der Waals surface area contributed by atoms with Crippen molar-refractivity contribution in [3.05, 3.63) is 35.5 Å². The van der Waals surface area contributed by atoms with Gasteiger partial charge in [-0.1, -0.05) is 49.3 Å². The molecule has 0 fully saturated rings. The summed E-state index contributed by atoms with van der Waals surface area (Å²) >= 11 is 0. The molecule has 2 aliphatic rings. The van der Waals surface area contributed by atoms with Crippen LogP contribution >= 0.6 is 0 Å². The Kier molecular flexibility index (Phi) is 4.55. The molecule has 2 rings (SSSR count). The zero-order chi connectivity index (χ0) is 14.8. The van der Waals surface area contributed by atoms with Gasteiger partial charge < -0.3 is 0 Å². The van der Waals surface area contributed by atoms with E-state index in [1.807, 2.05) is 6.08 Å². The topological polar surface area (TPSA) is 29.5 Å². The van der Waals surface area contributed by atoms with Gasteiger partial charge in [-0.25, -0.2) is 4.89 Å². The van der Waals surface area contributed by atoms with Crippen LogP contribution in [-0.2, 0) is 4.89 Å². The SMILES string of the molecule is CC1=CCCC(C)(/C=C/C2(C)CC(C)=CC(OO)C2)C1. The molecule has 0 aromatic carbocycles. The standard InChI is InChI=1S/C18H28O2/c1-14-6-5-7-17(3,11-14)8-9-18(4)12-15(2)10-16(13-18)20-19/h6,8-10,16,19H,5,7,11-13H2,1-4H3/b9-8+. The van der Waals surface area contributed by atoms with Crippen LogP contribution in [-0.4, -0.2) is 11.4 Å². The third-order valence-electron chi connectivity index (χ3n) is 4.73. The third kappa shape index (κ3) is 3.83. The van der Waals surface area contributed by atoms with Crippen molar-refractivity contribution in [3.8, 4) is 0 Å². The molecular weight excluding hydrogens is 248 g/mol. The first-order valence-corrected chi connectivity index (χ1v) is 7.68. The molecule has 0 heterocycles. The lowest BCUT2D eigenvalue weighted by atomic mass is 9.70. The van der Waals surface area contributed by atoms with E-state index in [1.54, 1.807) is 0 Å². The molecule has 2 aliphatic carbocycles. The second-order valence-electron chi connectivity index (χ2n) is 7.45. The molecule has 0 radical (unpaired) electrons. The van der Waals surface area contributed by atoms with Gasteiger partial charge in [0.25, 0.3) is 0 Å². The molecule has 0 aromatic rings. The Hall–Kier alpha value is -0.860. The summed E-state index contributed by atoms with van der Waals surface area (Å²) in [7, 11) is 0. The van der Waals surface area contributed by atoms with E-state index in [0.29, 0.717) is 0 Å². The zero-order valence-corrected chi connectivity index (χ0v) is 13.3. The van der Waals surface area contributed by atoms with Crippen LogP contribution < -0.4 is 0 Å². The molecule has 112 valence electrons. The van der Waals surface area contributed by atoms with Crippen molar-refractivity contribution in [2.45, 2.75) is 65.9 Å². The molecule has 2 nitrogen and oxygen atoms in total. The first kappa shape index (κ1) is 15.5. The summed E-state index contributed by atoms with van der Waals surface area (Å²) < 4.78 is 0. The predicted molar refractivity (Wildman–Crippen MR) is 83.5 cm³/mol. The normalized spacial score (nSPS) is 38.8. The van der Waals surface area contributed by atoms with Crippen molar-refractivity contribution < 1.29 is 10.1 Å². The fourth-order valence-corrected chi connectivity index (χ4v) is 3.79. The van der Waals surface area contributed by atoms with E-state index in [-0.39, 0.29) is 16.9 Å². The molecule has 20 heavy (non-hydrogen) atoms. The average Bonchev–Trinajstić information content (AvgIpc) is 2.35. The highest BCUT2D eigenvalue weighted by Crippen LogP contribution is 2.42. The average molecular weight is 276 g/mol. The van der Waals surface area contributed by atoms with Crippen LogP contribution in [0, 0.1) is 10.8 Å². The highest BCUT2D eigenvalue weighted by atomic mass is 17.1. The van der Waals surface area contributed by atoms with Gasteiger partial charge in [0.1, 0.15) is 6.10 Å². The monoisotopic (exact) mass is 276 g/mol. The first-order valence-electron chi connectivity index (χ1n) is 7.68. The molecule has 0 aliphatic heterocycles. The van der Waals surface area contributed by atoms with Gasteiger partial charge in [0.2, 0.25) is 0 Å². The summed E-state index contributed by atoms with van der Waals surface area (Å²) in [5.41, 5.74) is 3.17. The van der Waals surface area contributed by atoms with Crippen LogP contribution in [0.2, 0.25) is 0 Å². The lowest BCUT2D eigenvalue weighted by Gasteiger charge is -2.36. The van der Waals surface area contributed by atoms with E-state index in [1.165, 1.54) is 24.0 Å². The van der Waals surface area contributed by atoms with Gasteiger partial charge in [-0.2, -0.15) is 0 Å². The van der Waals surface area contributed by atoms with E-state index >= 15 is 0 Å². The van der Waals surface area contributed by atoms with Gasteiger partial charge >= 0.3 is 0 Å². The minimum absolute atomic E-state index is 0.0876. The molecule has 0 spiro atoms. The van der Waals surface area contributed by atoms with Crippen molar-refractivity contribution in [1.29, 1.82) is 0 Å². The molecule has 0 bridgehead atoms. The van der Waals surface area contributed by atoms with Crippen molar-refractivity contribution in [1.82, 2.24) is 0 Å². The van der Waals surface area contributed by atoms with Crippen molar-refractivity contribution in [2.24, 2.45) is 10.8 Å². The van der Waals surface area contributed by atoms with Gasteiger partial charge in [0.15, 0.2) is 0 Å². The second-order valence-corrected chi connectivity index (χ2v) is 7.45. The Morgan fingerprint density at radius 2 is 1.80 bits per heavy atom. The highest BCUT2D eigenvalue weighted by molar-refractivity contribution is 5.19. The molecule has 3 unspecified atom stereocenters. The molecule has 0 amide bonds. The number of hydrogen-bond acceptors (Lipinski definition) is 2. The smallest absolute Gasteiger partial charge is 0.112 e. The van der Waals surface area contributed by atoms with Crippen molar-refractivity contribution >= 4 is 0 Å². The summed E-state index contributed by atoms with van der Waals surface area (Å²) in [6, 6.07) is 0. The Balaban J connectivity index is 2.10. The maximum Gasteiger partial charge on any atom is 0.112 e.